The van der Waals surface area contributed by atoms with Crippen molar-refractivity contribution in [2.24, 2.45) is 0 Å². The van der Waals surface area contributed by atoms with E-state index in [4.69, 9.17) is 4.74 Å². The van der Waals surface area contributed by atoms with Crippen molar-refractivity contribution in [3.63, 3.8) is 0 Å². The molecule has 2 aromatic rings. The van der Waals surface area contributed by atoms with Gasteiger partial charge in [-0.05, 0) is 12.5 Å². The largest absolute Gasteiger partial charge is 0.486 e. The molecule has 0 unspecified atom stereocenters. The Kier molecular flexibility index (Phi) is 3.61. The summed E-state index contributed by atoms with van der Waals surface area (Å²) in [5.74, 6) is 0.710. The third-order valence-electron chi connectivity index (χ3n) is 2.68. The minimum Gasteiger partial charge on any atom is -0.486 e. The number of hydrogen-bond donors (Lipinski definition) is 0. The van der Waals surface area contributed by atoms with Crippen LogP contribution in [0.25, 0.3) is 5.76 Å². The third-order valence-corrected chi connectivity index (χ3v) is 2.68. The third kappa shape index (κ3) is 2.97. The van der Waals surface area contributed by atoms with E-state index in [2.05, 4.69) is 18.7 Å². The highest BCUT2D eigenvalue weighted by Crippen LogP contribution is 2.23. The maximum Gasteiger partial charge on any atom is 0.121 e. The van der Waals surface area contributed by atoms with Crippen molar-refractivity contribution in [3.8, 4) is 0 Å². The maximum atomic E-state index is 5.83. The quantitative estimate of drug-likeness (QED) is 0.698. The molecule has 0 fully saturated rings. The number of hydrogen-bond acceptors (Lipinski definition) is 1. The van der Waals surface area contributed by atoms with Crippen molar-refractivity contribution in [1.29, 1.82) is 0 Å². The van der Waals surface area contributed by atoms with E-state index < -0.39 is 0 Å². The van der Waals surface area contributed by atoms with Crippen molar-refractivity contribution in [1.82, 2.24) is 0 Å². The van der Waals surface area contributed by atoms with Crippen molar-refractivity contribution in [2.45, 2.75) is 13.0 Å². The van der Waals surface area contributed by atoms with Crippen molar-refractivity contribution in [3.05, 3.63) is 78.4 Å². The van der Waals surface area contributed by atoms with Crippen LogP contribution in [0, 0.1) is 0 Å². The normalized spacial score (nSPS) is 11.8. The molecule has 1 atom stereocenters. The Morgan fingerprint density at radius 3 is 2.06 bits per heavy atom. The maximum absolute atomic E-state index is 5.83. The summed E-state index contributed by atoms with van der Waals surface area (Å²) in [6.45, 7) is 6.00. The lowest BCUT2D eigenvalue weighted by Gasteiger charge is -2.16. The average Bonchev–Trinajstić information content (AvgIpc) is 2.40. The first kappa shape index (κ1) is 11.5. The molecule has 0 spiro atoms. The van der Waals surface area contributed by atoms with Crippen molar-refractivity contribution >= 4 is 5.76 Å². The highest BCUT2D eigenvalue weighted by molar-refractivity contribution is 5.57. The molecule has 0 bridgehead atoms. The zero-order chi connectivity index (χ0) is 12.1. The topological polar surface area (TPSA) is 9.23 Å². The Morgan fingerprint density at radius 1 is 0.941 bits per heavy atom. The van der Waals surface area contributed by atoms with Gasteiger partial charge in [0.05, 0.1) is 0 Å². The summed E-state index contributed by atoms with van der Waals surface area (Å²) in [4.78, 5) is 0. The molecule has 0 aliphatic rings. The van der Waals surface area contributed by atoms with Gasteiger partial charge in [0.1, 0.15) is 11.9 Å². The van der Waals surface area contributed by atoms with E-state index in [1.54, 1.807) is 0 Å². The molecule has 0 saturated carbocycles. The minimum absolute atomic E-state index is 0.0175. The van der Waals surface area contributed by atoms with Crippen LogP contribution >= 0.6 is 0 Å². The van der Waals surface area contributed by atoms with E-state index in [-0.39, 0.29) is 6.10 Å². The molecule has 0 saturated heterocycles. The molecule has 0 aromatic heterocycles. The number of ether oxygens (including phenoxy) is 1. The lowest BCUT2D eigenvalue weighted by atomic mass is 10.1. The molecule has 0 aliphatic carbocycles. The Balaban J connectivity index is 2.05. The Morgan fingerprint density at radius 2 is 1.47 bits per heavy atom. The van der Waals surface area contributed by atoms with Gasteiger partial charge in [-0.2, -0.15) is 0 Å². The molecule has 0 amide bonds. The predicted molar refractivity (Wildman–Crippen MR) is 71.4 cm³/mol. The first-order chi connectivity index (χ1) is 8.27. The van der Waals surface area contributed by atoms with Gasteiger partial charge in [-0.15, -0.1) is 0 Å². The summed E-state index contributed by atoms with van der Waals surface area (Å²) in [5.41, 5.74) is 2.18. The smallest absolute Gasteiger partial charge is 0.121 e. The first-order valence-corrected chi connectivity index (χ1v) is 5.73. The van der Waals surface area contributed by atoms with Crippen LogP contribution in [-0.2, 0) is 4.74 Å². The molecule has 0 N–H and O–H groups in total. The van der Waals surface area contributed by atoms with Crippen molar-refractivity contribution < 1.29 is 4.74 Å². The fourth-order valence-corrected chi connectivity index (χ4v) is 1.70. The number of benzene rings is 2. The van der Waals surface area contributed by atoms with Crippen LogP contribution < -0.4 is 0 Å². The molecule has 0 aliphatic heterocycles. The molecule has 1 heteroatoms. The number of rotatable bonds is 4. The highest BCUT2D eigenvalue weighted by atomic mass is 16.5. The molecule has 1 nitrogen and oxygen atoms in total. The molecule has 2 aromatic carbocycles. The molecule has 0 heterocycles. The molecular formula is C16H16O. The second-order valence-electron chi connectivity index (χ2n) is 3.96. The van der Waals surface area contributed by atoms with E-state index in [9.17, 15) is 0 Å². The summed E-state index contributed by atoms with van der Waals surface area (Å²) in [6.07, 6.45) is 0.0175. The van der Waals surface area contributed by atoms with Crippen LogP contribution in [0.15, 0.2) is 67.2 Å². The van der Waals surface area contributed by atoms with E-state index in [0.29, 0.717) is 5.76 Å². The van der Waals surface area contributed by atoms with Gasteiger partial charge in [-0.25, -0.2) is 0 Å². The summed E-state index contributed by atoms with van der Waals surface area (Å²) in [6, 6.07) is 20.1. The lowest BCUT2D eigenvalue weighted by molar-refractivity contribution is 0.189. The first-order valence-electron chi connectivity index (χ1n) is 5.73. The standard InChI is InChI=1S/C16H16O/c1-13(15-9-5-3-6-10-15)17-14(2)16-11-7-4-8-12-16/h3-12,14H,1H2,2H3/t14-/m1/s1. The molecule has 2 rings (SSSR count). The second kappa shape index (κ2) is 5.35. The predicted octanol–water partition coefficient (Wildman–Crippen LogP) is 4.44. The van der Waals surface area contributed by atoms with Gasteiger partial charge in [-0.3, -0.25) is 0 Å². The zero-order valence-corrected chi connectivity index (χ0v) is 9.97. The van der Waals surface area contributed by atoms with Crippen LogP contribution in [0.3, 0.4) is 0 Å². The van der Waals surface area contributed by atoms with Gasteiger partial charge in [0.25, 0.3) is 0 Å². The van der Waals surface area contributed by atoms with E-state index in [1.807, 2.05) is 55.5 Å². The van der Waals surface area contributed by atoms with Gasteiger partial charge in [0.2, 0.25) is 0 Å². The molecule has 0 radical (unpaired) electrons. The van der Waals surface area contributed by atoms with Gasteiger partial charge >= 0.3 is 0 Å². The summed E-state index contributed by atoms with van der Waals surface area (Å²) < 4.78 is 5.83. The van der Waals surface area contributed by atoms with E-state index in [1.165, 1.54) is 0 Å². The summed E-state index contributed by atoms with van der Waals surface area (Å²) in [7, 11) is 0. The van der Waals surface area contributed by atoms with Crippen LogP contribution in [0.1, 0.15) is 24.2 Å². The van der Waals surface area contributed by atoms with Crippen LogP contribution in [0.4, 0.5) is 0 Å². The van der Waals surface area contributed by atoms with Crippen LogP contribution in [0.2, 0.25) is 0 Å². The second-order valence-corrected chi connectivity index (χ2v) is 3.96. The Hall–Kier alpha value is -2.02. The van der Waals surface area contributed by atoms with Gasteiger partial charge in [0, 0.05) is 5.56 Å². The molecular weight excluding hydrogens is 208 g/mol. The highest BCUT2D eigenvalue weighted by Gasteiger charge is 2.08. The monoisotopic (exact) mass is 224 g/mol. The van der Waals surface area contributed by atoms with Crippen LogP contribution in [0.5, 0.6) is 0 Å². The SMILES string of the molecule is C=C(O[C@H](C)c1ccccc1)c1ccccc1. The van der Waals surface area contributed by atoms with E-state index in [0.717, 1.165) is 11.1 Å². The van der Waals surface area contributed by atoms with Gasteiger partial charge in [0.15, 0.2) is 0 Å². The van der Waals surface area contributed by atoms with Gasteiger partial charge < -0.3 is 4.74 Å². The van der Waals surface area contributed by atoms with Crippen LogP contribution in [-0.4, -0.2) is 0 Å². The Labute approximate surface area is 102 Å². The average molecular weight is 224 g/mol. The Bertz CT molecular complexity index is 473. The van der Waals surface area contributed by atoms with Gasteiger partial charge in [-0.1, -0.05) is 67.2 Å². The zero-order valence-electron chi connectivity index (χ0n) is 9.97. The minimum atomic E-state index is 0.0175. The summed E-state index contributed by atoms with van der Waals surface area (Å²) >= 11 is 0. The summed E-state index contributed by atoms with van der Waals surface area (Å²) in [5, 5.41) is 0. The lowest BCUT2D eigenvalue weighted by Crippen LogP contribution is -1.98. The van der Waals surface area contributed by atoms with Crippen molar-refractivity contribution in [2.75, 3.05) is 0 Å². The fourth-order valence-electron chi connectivity index (χ4n) is 1.70. The molecule has 17 heavy (non-hydrogen) atoms. The fraction of sp³-hybridized carbons (Fsp3) is 0.125. The molecule has 86 valence electrons. The van der Waals surface area contributed by atoms with E-state index >= 15 is 0 Å².